The Morgan fingerprint density at radius 2 is 1.84 bits per heavy atom. The summed E-state index contributed by atoms with van der Waals surface area (Å²) in [7, 11) is 3.25. The molecular formula is C25H27N3O4. The number of rotatable bonds is 5. The molecule has 7 heteroatoms. The summed E-state index contributed by atoms with van der Waals surface area (Å²) >= 11 is 0. The average molecular weight is 434 g/mol. The van der Waals surface area contributed by atoms with E-state index in [0.29, 0.717) is 19.7 Å². The van der Waals surface area contributed by atoms with Gasteiger partial charge >= 0.3 is 0 Å². The van der Waals surface area contributed by atoms with E-state index < -0.39 is 5.54 Å². The van der Waals surface area contributed by atoms with Crippen LogP contribution in [-0.4, -0.2) is 67.1 Å². The van der Waals surface area contributed by atoms with Crippen LogP contribution in [0.1, 0.15) is 29.7 Å². The molecular weight excluding hydrogens is 406 g/mol. The Kier molecular flexibility index (Phi) is 4.93. The van der Waals surface area contributed by atoms with Crippen molar-refractivity contribution < 1.29 is 19.1 Å². The van der Waals surface area contributed by atoms with Gasteiger partial charge in [-0.15, -0.1) is 0 Å². The number of benzene rings is 2. The minimum Gasteiger partial charge on any atom is -0.496 e. The molecule has 0 unspecified atom stereocenters. The van der Waals surface area contributed by atoms with Crippen LogP contribution in [0.4, 0.5) is 0 Å². The number of aromatic amines is 1. The number of amides is 2. The van der Waals surface area contributed by atoms with Gasteiger partial charge in [-0.25, -0.2) is 0 Å². The number of carbonyl (C=O) groups excluding carboxylic acids is 2. The number of methoxy groups -OCH3 is 2. The van der Waals surface area contributed by atoms with Crippen LogP contribution in [0.5, 0.6) is 5.75 Å². The number of carbonyl (C=O) groups is 2. The van der Waals surface area contributed by atoms with Crippen LogP contribution in [0.25, 0.3) is 10.9 Å². The molecule has 2 aromatic carbocycles. The molecule has 2 aliphatic heterocycles. The molecule has 2 amide bonds. The maximum absolute atomic E-state index is 13.8. The highest BCUT2D eigenvalue weighted by Gasteiger charge is 2.56. The van der Waals surface area contributed by atoms with Crippen LogP contribution in [0.2, 0.25) is 0 Å². The van der Waals surface area contributed by atoms with Gasteiger partial charge in [0, 0.05) is 42.6 Å². The summed E-state index contributed by atoms with van der Waals surface area (Å²) in [5.74, 6) is 0.510. The molecule has 0 aliphatic carbocycles. The number of ether oxygens (including phenoxy) is 2. The zero-order chi connectivity index (χ0) is 22.5. The Hall–Kier alpha value is -3.32. The number of piperazine rings is 1. The predicted octanol–water partition coefficient (Wildman–Crippen LogP) is 2.85. The highest BCUT2D eigenvalue weighted by atomic mass is 16.5. The first-order valence-corrected chi connectivity index (χ1v) is 10.8. The lowest BCUT2D eigenvalue weighted by molar-refractivity contribution is -0.166. The molecule has 0 radical (unpaired) electrons. The summed E-state index contributed by atoms with van der Waals surface area (Å²) in [5, 5.41) is 1.06. The van der Waals surface area contributed by atoms with Crippen molar-refractivity contribution in [2.45, 2.75) is 18.4 Å². The standard InChI is InChI=1S/C25H27N3O4/c1-25-23-22(17-9-4-6-10-19(17)26-23)18(16-8-5-7-11-20(16)32-3)14-28(25)21(29)15-27(24(25)30)12-13-31-2/h4-11,18,26H,12-15H2,1-3H3/t18-,25+/m1/s1. The number of para-hydroxylation sites is 2. The first-order chi connectivity index (χ1) is 15.5. The van der Waals surface area contributed by atoms with E-state index in [4.69, 9.17) is 9.47 Å². The molecule has 2 aliphatic rings. The van der Waals surface area contributed by atoms with Crippen LogP contribution in [-0.2, 0) is 19.9 Å². The number of hydrogen-bond acceptors (Lipinski definition) is 4. The van der Waals surface area contributed by atoms with Crippen molar-refractivity contribution in [3.05, 3.63) is 65.4 Å². The molecule has 1 aromatic heterocycles. The number of H-pyrrole nitrogens is 1. The van der Waals surface area contributed by atoms with Crippen LogP contribution in [0, 0.1) is 0 Å². The number of fused-ring (bicyclic) bond motifs is 5. The van der Waals surface area contributed by atoms with Gasteiger partial charge in [-0.2, -0.15) is 0 Å². The second-order valence-corrected chi connectivity index (χ2v) is 8.55. The summed E-state index contributed by atoms with van der Waals surface area (Å²) in [6, 6.07) is 16.0. The molecule has 0 bridgehead atoms. The SMILES string of the molecule is COCCN1CC(=O)N2C[C@H](c3ccccc3OC)c3c([nH]c4ccccc34)[C@@]2(C)C1=O. The van der Waals surface area contributed by atoms with Crippen molar-refractivity contribution >= 4 is 22.7 Å². The topological polar surface area (TPSA) is 74.9 Å². The van der Waals surface area contributed by atoms with Crippen molar-refractivity contribution in [2.24, 2.45) is 0 Å². The molecule has 1 fully saturated rings. The Labute approximate surface area is 186 Å². The zero-order valence-corrected chi connectivity index (χ0v) is 18.6. The number of aromatic nitrogens is 1. The lowest BCUT2D eigenvalue weighted by atomic mass is 9.76. The summed E-state index contributed by atoms with van der Waals surface area (Å²) in [6.07, 6.45) is 0. The van der Waals surface area contributed by atoms with Crippen molar-refractivity contribution in [3.8, 4) is 5.75 Å². The quantitative estimate of drug-likeness (QED) is 0.672. The van der Waals surface area contributed by atoms with Crippen LogP contribution >= 0.6 is 0 Å². The number of nitrogens with one attached hydrogen (secondary N) is 1. The number of nitrogens with zero attached hydrogens (tertiary/aromatic N) is 2. The van der Waals surface area contributed by atoms with Crippen molar-refractivity contribution in [1.29, 1.82) is 0 Å². The van der Waals surface area contributed by atoms with Crippen LogP contribution < -0.4 is 4.74 Å². The molecule has 32 heavy (non-hydrogen) atoms. The molecule has 3 aromatic rings. The second-order valence-electron chi connectivity index (χ2n) is 8.55. The molecule has 5 rings (SSSR count). The van der Waals surface area contributed by atoms with Crippen molar-refractivity contribution in [2.75, 3.05) is 40.5 Å². The molecule has 3 heterocycles. The first-order valence-electron chi connectivity index (χ1n) is 10.8. The third-order valence-corrected chi connectivity index (χ3v) is 6.90. The maximum Gasteiger partial charge on any atom is 0.255 e. The normalized spacial score (nSPS) is 22.8. The molecule has 0 spiro atoms. The third-order valence-electron chi connectivity index (χ3n) is 6.90. The van der Waals surface area contributed by atoms with E-state index in [2.05, 4.69) is 11.1 Å². The Bertz CT molecular complexity index is 1200. The van der Waals surface area contributed by atoms with Crippen LogP contribution in [0.3, 0.4) is 0 Å². The van der Waals surface area contributed by atoms with Gasteiger partial charge in [0.2, 0.25) is 5.91 Å². The van der Waals surface area contributed by atoms with E-state index in [9.17, 15) is 9.59 Å². The fourth-order valence-electron chi connectivity index (χ4n) is 5.29. The van der Waals surface area contributed by atoms with E-state index in [-0.39, 0.29) is 24.3 Å². The van der Waals surface area contributed by atoms with Gasteiger partial charge in [0.15, 0.2) is 5.54 Å². The Morgan fingerprint density at radius 1 is 1.09 bits per heavy atom. The predicted molar refractivity (Wildman–Crippen MR) is 121 cm³/mol. The van der Waals surface area contributed by atoms with E-state index in [0.717, 1.165) is 33.5 Å². The van der Waals surface area contributed by atoms with Crippen LogP contribution in [0.15, 0.2) is 48.5 Å². The second kappa shape index (κ2) is 7.67. The summed E-state index contributed by atoms with van der Waals surface area (Å²) in [5.41, 5.74) is 2.69. The van der Waals surface area contributed by atoms with Gasteiger partial charge in [-0.3, -0.25) is 9.59 Å². The lowest BCUT2D eigenvalue weighted by Gasteiger charge is -2.51. The van der Waals surface area contributed by atoms with E-state index in [1.807, 2.05) is 49.4 Å². The largest absolute Gasteiger partial charge is 0.496 e. The van der Waals surface area contributed by atoms with E-state index in [1.165, 1.54) is 0 Å². The van der Waals surface area contributed by atoms with E-state index in [1.54, 1.807) is 24.0 Å². The molecule has 2 atom stereocenters. The summed E-state index contributed by atoms with van der Waals surface area (Å²) in [6.45, 7) is 3.10. The van der Waals surface area contributed by atoms with Gasteiger partial charge in [0.25, 0.3) is 5.91 Å². The lowest BCUT2D eigenvalue weighted by Crippen LogP contribution is -2.67. The number of hydrogen-bond donors (Lipinski definition) is 1. The highest BCUT2D eigenvalue weighted by molar-refractivity contribution is 6.01. The zero-order valence-electron chi connectivity index (χ0n) is 18.6. The molecule has 1 saturated heterocycles. The monoisotopic (exact) mass is 433 g/mol. The third kappa shape index (κ3) is 2.84. The van der Waals surface area contributed by atoms with Gasteiger partial charge in [0.1, 0.15) is 5.75 Å². The smallest absolute Gasteiger partial charge is 0.255 e. The highest BCUT2D eigenvalue weighted by Crippen LogP contribution is 2.49. The van der Waals surface area contributed by atoms with Gasteiger partial charge < -0.3 is 24.3 Å². The molecule has 1 N–H and O–H groups in total. The fourth-order valence-corrected chi connectivity index (χ4v) is 5.29. The first kappa shape index (κ1) is 20.6. The summed E-state index contributed by atoms with van der Waals surface area (Å²) < 4.78 is 10.8. The fraction of sp³-hybridized carbons (Fsp3) is 0.360. The van der Waals surface area contributed by atoms with Gasteiger partial charge in [-0.1, -0.05) is 36.4 Å². The minimum absolute atomic E-state index is 0.0615. The molecule has 7 nitrogen and oxygen atoms in total. The average Bonchev–Trinajstić information content (AvgIpc) is 3.21. The Morgan fingerprint density at radius 3 is 2.62 bits per heavy atom. The summed E-state index contributed by atoms with van der Waals surface area (Å²) in [4.78, 5) is 34.0. The molecule has 166 valence electrons. The van der Waals surface area contributed by atoms with Gasteiger partial charge in [-0.05, 0) is 24.6 Å². The maximum atomic E-state index is 13.8. The Balaban J connectivity index is 1.74. The van der Waals surface area contributed by atoms with Gasteiger partial charge in [0.05, 0.1) is 26.0 Å². The van der Waals surface area contributed by atoms with E-state index >= 15 is 0 Å². The van der Waals surface area contributed by atoms with Crippen molar-refractivity contribution in [3.63, 3.8) is 0 Å². The molecule has 0 saturated carbocycles. The van der Waals surface area contributed by atoms with Crippen molar-refractivity contribution in [1.82, 2.24) is 14.8 Å². The minimum atomic E-state index is -1.10.